The quantitative estimate of drug-likeness (QED) is 0.126. The molecule has 4 aliphatic rings. The smallest absolute Gasteiger partial charge is 0.459 e. The van der Waals surface area contributed by atoms with Gasteiger partial charge in [0, 0.05) is 57.2 Å². The molecule has 19 nitrogen and oxygen atoms in total. The number of rotatable bonds is 14. The van der Waals surface area contributed by atoms with Crippen molar-refractivity contribution in [3.63, 3.8) is 0 Å². The topological polar surface area (TPSA) is 229 Å². The number of carbonyl (C=O) groups excluding carboxylic acids is 1. The minimum atomic E-state index is -4.92. The third kappa shape index (κ3) is 13.4. The maximum absolute atomic E-state index is 14.5. The Labute approximate surface area is 442 Å². The number of cyclic esters (lactones) is 1. The summed E-state index contributed by atoms with van der Waals surface area (Å²) in [7, 11) is 5.06. The number of nitrogens with zero attached hydrogens (tertiary/aromatic N) is 5. The van der Waals surface area contributed by atoms with Crippen molar-refractivity contribution in [3.05, 3.63) is 35.7 Å². The predicted octanol–water partition coefficient (Wildman–Crippen LogP) is 4.82. The monoisotopic (exact) mass is 1100 g/mol. The number of benzene rings is 1. The number of aliphatic hydroxyl groups is 5. The summed E-state index contributed by atoms with van der Waals surface area (Å²) in [6.07, 6.45) is -18.2. The van der Waals surface area contributed by atoms with E-state index in [9.17, 15) is 52.3 Å². The van der Waals surface area contributed by atoms with Crippen molar-refractivity contribution in [1.82, 2.24) is 24.8 Å². The van der Waals surface area contributed by atoms with Gasteiger partial charge in [0.2, 0.25) is 0 Å². The molecule has 5 N–H and O–H groups in total. The van der Waals surface area contributed by atoms with Crippen LogP contribution in [0, 0.1) is 17.8 Å². The van der Waals surface area contributed by atoms with E-state index >= 15 is 0 Å². The van der Waals surface area contributed by atoms with E-state index in [1.54, 1.807) is 62.6 Å². The van der Waals surface area contributed by atoms with Crippen molar-refractivity contribution in [2.24, 2.45) is 17.8 Å². The lowest BCUT2D eigenvalue weighted by Gasteiger charge is -2.49. The van der Waals surface area contributed by atoms with Crippen LogP contribution in [0.25, 0.3) is 0 Å². The van der Waals surface area contributed by atoms with Gasteiger partial charge in [-0.3, -0.25) is 4.79 Å². The molecule has 0 radical (unpaired) electrons. The average molecular weight is 1100 g/mol. The number of likely N-dealkylation sites (N-methyl/N-ethyl adjacent to an activating group) is 2. The van der Waals surface area contributed by atoms with Gasteiger partial charge in [-0.05, 0) is 112 Å². The number of methoxy groups -OCH3 is 1. The van der Waals surface area contributed by atoms with Crippen LogP contribution in [0.5, 0.6) is 11.5 Å². The molecule has 0 aliphatic carbocycles. The number of aliphatic hydroxyl groups excluding tert-OH is 3. The van der Waals surface area contributed by atoms with Crippen molar-refractivity contribution in [3.8, 4) is 11.5 Å². The molecular formula is C52H82F5N5O14. The van der Waals surface area contributed by atoms with E-state index in [4.69, 9.17) is 28.4 Å². The van der Waals surface area contributed by atoms with Gasteiger partial charge in [0.25, 0.3) is 0 Å². The first-order valence-electron chi connectivity index (χ1n) is 26.3. The largest absolute Gasteiger partial charge is 0.507 e. The van der Waals surface area contributed by atoms with Crippen LogP contribution in [0.1, 0.15) is 112 Å². The number of aromatic nitrogens is 3. The molecule has 0 saturated carbocycles. The van der Waals surface area contributed by atoms with E-state index in [2.05, 4.69) is 19.8 Å². The molecule has 3 saturated heterocycles. The fourth-order valence-electron chi connectivity index (χ4n) is 11.5. The summed E-state index contributed by atoms with van der Waals surface area (Å²) < 4.78 is 117. The Morgan fingerprint density at radius 1 is 0.934 bits per heavy atom. The molecule has 76 heavy (non-hydrogen) atoms. The fraction of sp³-hybridized carbons (Fsp3) is 0.827. The molecule has 0 spiro atoms. The molecule has 24 heteroatoms. The van der Waals surface area contributed by atoms with Crippen LogP contribution in [-0.4, -0.2) is 200 Å². The second kappa shape index (κ2) is 24.1. The summed E-state index contributed by atoms with van der Waals surface area (Å²) in [5.74, 6) is -4.27. The van der Waals surface area contributed by atoms with Crippen LogP contribution < -0.4 is 9.47 Å². The molecular weight excluding hydrogens is 1010 g/mol. The first kappa shape index (κ1) is 61.8. The summed E-state index contributed by atoms with van der Waals surface area (Å²) >= 11 is 0. The molecule has 4 aliphatic heterocycles. The number of hydrogen-bond donors (Lipinski definition) is 5. The highest BCUT2D eigenvalue weighted by molar-refractivity contribution is 5.73. The zero-order valence-electron chi connectivity index (χ0n) is 45.9. The van der Waals surface area contributed by atoms with Crippen LogP contribution >= 0.6 is 0 Å². The van der Waals surface area contributed by atoms with E-state index in [-0.39, 0.29) is 43.6 Å². The number of alkyl halides is 5. The third-order valence-electron chi connectivity index (χ3n) is 16.2. The SMILES string of the molecule is CC[C@H]1OC(=O)[C@H](C)[C@@H](O[C@H]2C[C@@](C)(OC)[C@@H](O)[C@H](C)O2)[C@H](C)[C@@H](O[C@@H]2O[C@H](C)C[C@H](N(C)CCc3cn([C@H](CF)Cc4ccc5c(c4)OC(F)(F)C(F)(F)O5)nn3)[C@H]2O)[C@](C)(O)C[C@@H](C)CN(C)[C@H](C)[C@@H](O)[C@]1(C)O. The lowest BCUT2D eigenvalue weighted by atomic mass is 9.77. The average Bonchev–Trinajstić information content (AvgIpc) is 3.82. The molecule has 3 fully saturated rings. The van der Waals surface area contributed by atoms with Gasteiger partial charge in [-0.2, -0.15) is 17.6 Å². The van der Waals surface area contributed by atoms with Gasteiger partial charge >= 0.3 is 18.2 Å². The van der Waals surface area contributed by atoms with Gasteiger partial charge in [-0.15, -0.1) is 5.10 Å². The van der Waals surface area contributed by atoms with Crippen LogP contribution in [0.4, 0.5) is 22.0 Å². The minimum Gasteiger partial charge on any atom is -0.459 e. The second-order valence-corrected chi connectivity index (χ2v) is 22.7. The first-order chi connectivity index (χ1) is 35.3. The first-order valence-corrected chi connectivity index (χ1v) is 26.3. The van der Waals surface area contributed by atoms with E-state index in [0.717, 1.165) is 12.1 Å². The van der Waals surface area contributed by atoms with Crippen molar-refractivity contribution in [2.75, 3.05) is 41.0 Å². The minimum absolute atomic E-state index is 0.0464. The second-order valence-electron chi connectivity index (χ2n) is 22.7. The van der Waals surface area contributed by atoms with Crippen LogP contribution in [-0.2, 0) is 46.1 Å². The van der Waals surface area contributed by atoms with E-state index < -0.39 is 145 Å². The Morgan fingerprint density at radius 3 is 2.22 bits per heavy atom. The predicted molar refractivity (Wildman–Crippen MR) is 263 cm³/mol. The summed E-state index contributed by atoms with van der Waals surface area (Å²) in [6, 6.07) is 1.31. The molecule has 1 aromatic carbocycles. The van der Waals surface area contributed by atoms with Crippen molar-refractivity contribution < 1.29 is 90.2 Å². The van der Waals surface area contributed by atoms with Crippen LogP contribution in [0.15, 0.2) is 24.4 Å². The van der Waals surface area contributed by atoms with E-state index in [1.165, 1.54) is 31.0 Å². The fourth-order valence-corrected chi connectivity index (χ4v) is 11.5. The van der Waals surface area contributed by atoms with Crippen molar-refractivity contribution in [2.45, 2.75) is 216 Å². The highest BCUT2D eigenvalue weighted by Crippen LogP contribution is 2.47. The number of halogens is 5. The lowest BCUT2D eigenvalue weighted by Crippen LogP contribution is -2.61. The van der Waals surface area contributed by atoms with Gasteiger partial charge < -0.3 is 73.2 Å². The Bertz CT molecular complexity index is 2230. The van der Waals surface area contributed by atoms with Crippen molar-refractivity contribution >= 4 is 5.97 Å². The standard InChI is InChI=1S/C52H82F5N5O14/c1-14-39-50(10,68)43(64)31(6)61(12)25-27(2)22-48(8,67)45(29(4)42(30(5)46(66)72-39)73-40-23-49(9,69-13)44(65)32(7)71-40)74-47-41(63)36(19-28(3)70-47)60(11)18-17-34-26-62(59-58-34)35(24-53)20-33-15-16-37-38(21-33)76-52(56,57)51(54,55)75-37/h15-16,21,26-32,35-36,39-45,47,63-65,67-68H,14,17-20,22-25H2,1-13H3/t27-,28-,29+,30-,31-,32+,35+,36+,39-,40+,41-,42+,43-,44+,45-,47+,48-,49-,50-/m1/s1. The van der Waals surface area contributed by atoms with Crippen LogP contribution in [0.3, 0.4) is 0 Å². The molecule has 19 atom stereocenters. The zero-order valence-corrected chi connectivity index (χ0v) is 45.9. The van der Waals surface area contributed by atoms with Crippen LogP contribution in [0.2, 0.25) is 0 Å². The molecule has 0 unspecified atom stereocenters. The normalized spacial score (nSPS) is 40.2. The number of fused-ring (bicyclic) bond motifs is 1. The molecule has 434 valence electrons. The maximum atomic E-state index is 14.5. The Kier molecular flexibility index (Phi) is 19.6. The summed E-state index contributed by atoms with van der Waals surface area (Å²) in [4.78, 5) is 18.3. The molecule has 1 aromatic heterocycles. The van der Waals surface area contributed by atoms with Gasteiger partial charge in [0.05, 0.1) is 53.3 Å². The molecule has 0 amide bonds. The lowest BCUT2D eigenvalue weighted by molar-refractivity contribution is -0.391. The third-order valence-corrected chi connectivity index (χ3v) is 16.2. The number of esters is 1. The van der Waals surface area contributed by atoms with Gasteiger partial charge in [-0.1, -0.05) is 32.1 Å². The van der Waals surface area contributed by atoms with Gasteiger partial charge in [0.1, 0.15) is 36.7 Å². The highest BCUT2D eigenvalue weighted by atomic mass is 19.3. The Morgan fingerprint density at radius 2 is 1.59 bits per heavy atom. The zero-order chi connectivity index (χ0) is 56.6. The highest BCUT2D eigenvalue weighted by Gasteiger charge is 2.66. The summed E-state index contributed by atoms with van der Waals surface area (Å²) in [6.45, 7) is 16.8. The molecule has 0 bridgehead atoms. The number of carbonyl (C=O) groups is 1. The van der Waals surface area contributed by atoms with Crippen molar-refractivity contribution in [1.29, 1.82) is 0 Å². The molecule has 5 heterocycles. The number of hydrogen-bond acceptors (Lipinski definition) is 18. The molecule has 2 aromatic rings. The number of ether oxygens (including phenoxy) is 8. The Hall–Kier alpha value is -3.40. The Balaban J connectivity index is 1.24. The van der Waals surface area contributed by atoms with Gasteiger partial charge in [-0.25, -0.2) is 9.07 Å². The summed E-state index contributed by atoms with van der Waals surface area (Å²) in [5, 5.41) is 68.0. The summed E-state index contributed by atoms with van der Waals surface area (Å²) in [5.41, 5.74) is -3.96. The molecule has 6 rings (SSSR count). The maximum Gasteiger partial charge on any atom is 0.507 e. The van der Waals surface area contributed by atoms with E-state index in [1.807, 2.05) is 23.6 Å². The van der Waals surface area contributed by atoms with E-state index in [0.29, 0.717) is 25.2 Å². The van der Waals surface area contributed by atoms with Gasteiger partial charge in [0.15, 0.2) is 24.1 Å².